The Morgan fingerprint density at radius 1 is 0.870 bits per heavy atom. The first-order valence-corrected chi connectivity index (χ1v) is 7.46. The minimum absolute atomic E-state index is 0.562. The smallest absolute Gasteiger partial charge is 0.215 e. The predicted octanol–water partition coefficient (Wildman–Crippen LogP) is 4.25. The van der Waals surface area contributed by atoms with E-state index < -0.39 is 0 Å². The van der Waals surface area contributed by atoms with Gasteiger partial charge in [-0.3, -0.25) is 0 Å². The van der Waals surface area contributed by atoms with Crippen LogP contribution in [0.4, 0.5) is 0 Å². The van der Waals surface area contributed by atoms with Crippen LogP contribution >= 0.6 is 0 Å². The first kappa shape index (κ1) is 13.5. The highest BCUT2D eigenvalue weighted by molar-refractivity contribution is 5.76. The number of nitrogens with zero attached hydrogens (tertiary/aromatic N) is 3. The van der Waals surface area contributed by atoms with Crippen molar-refractivity contribution >= 4 is 0 Å². The molecule has 4 nitrogen and oxygen atoms in total. The number of hydrogen-bond acceptors (Lipinski definition) is 3. The summed E-state index contributed by atoms with van der Waals surface area (Å²) in [5.74, 6) is 1.47. The van der Waals surface area contributed by atoms with E-state index in [1.165, 1.54) is 0 Å². The maximum absolute atomic E-state index is 6.07. The lowest BCUT2D eigenvalue weighted by Gasteiger charge is -2.00. The number of aromatic nitrogens is 3. The Kier molecular flexibility index (Phi) is 3.48. The predicted molar refractivity (Wildman–Crippen MR) is 88.7 cm³/mol. The molecular formula is C19H15N3O. The molecule has 0 N–H and O–H groups in total. The molecule has 2 heterocycles. The molecule has 23 heavy (non-hydrogen) atoms. The second-order valence-corrected chi connectivity index (χ2v) is 5.25. The summed E-state index contributed by atoms with van der Waals surface area (Å²) in [7, 11) is 0. The molecule has 0 fully saturated rings. The van der Waals surface area contributed by atoms with Gasteiger partial charge in [0.25, 0.3) is 0 Å². The Morgan fingerprint density at radius 2 is 1.57 bits per heavy atom. The maximum Gasteiger partial charge on any atom is 0.215 e. The molecule has 0 amide bonds. The van der Waals surface area contributed by atoms with Gasteiger partial charge in [0.15, 0.2) is 5.76 Å². The second kappa shape index (κ2) is 5.93. The van der Waals surface area contributed by atoms with E-state index in [0.717, 1.165) is 22.6 Å². The van der Waals surface area contributed by atoms with Crippen LogP contribution in [-0.4, -0.2) is 14.5 Å². The molecule has 4 aromatic rings. The van der Waals surface area contributed by atoms with Crippen LogP contribution in [0.25, 0.3) is 22.6 Å². The fraction of sp³-hybridized carbons (Fsp3) is 0.0526. The SMILES string of the molecule is c1ccc(-c2nc(Cn3ccnc3)oc2-c2ccccc2)cc1. The van der Waals surface area contributed by atoms with Gasteiger partial charge in [0, 0.05) is 23.5 Å². The third-order valence-corrected chi connectivity index (χ3v) is 3.63. The molecule has 0 aliphatic rings. The highest BCUT2D eigenvalue weighted by Crippen LogP contribution is 2.32. The van der Waals surface area contributed by atoms with Crippen LogP contribution in [0, 0.1) is 0 Å². The minimum Gasteiger partial charge on any atom is -0.438 e. The molecule has 0 unspecified atom stereocenters. The first-order chi connectivity index (χ1) is 11.4. The fourth-order valence-electron chi connectivity index (χ4n) is 2.55. The zero-order valence-corrected chi connectivity index (χ0v) is 12.5. The van der Waals surface area contributed by atoms with Crippen LogP contribution < -0.4 is 0 Å². The summed E-state index contributed by atoms with van der Waals surface area (Å²) < 4.78 is 8.01. The van der Waals surface area contributed by atoms with E-state index >= 15 is 0 Å². The van der Waals surface area contributed by atoms with Gasteiger partial charge >= 0.3 is 0 Å². The first-order valence-electron chi connectivity index (χ1n) is 7.46. The van der Waals surface area contributed by atoms with Crippen molar-refractivity contribution in [2.45, 2.75) is 6.54 Å². The van der Waals surface area contributed by atoms with Crippen molar-refractivity contribution in [3.05, 3.63) is 85.3 Å². The molecular weight excluding hydrogens is 286 g/mol. The Hall–Kier alpha value is -3.14. The largest absolute Gasteiger partial charge is 0.438 e. The molecule has 2 aromatic carbocycles. The van der Waals surface area contributed by atoms with Crippen LogP contribution in [0.5, 0.6) is 0 Å². The van der Waals surface area contributed by atoms with Gasteiger partial charge in [-0.25, -0.2) is 9.97 Å². The molecule has 2 aromatic heterocycles. The van der Waals surface area contributed by atoms with Gasteiger partial charge in [0.1, 0.15) is 12.2 Å². The third-order valence-electron chi connectivity index (χ3n) is 3.63. The van der Waals surface area contributed by atoms with Gasteiger partial charge in [0.2, 0.25) is 5.89 Å². The van der Waals surface area contributed by atoms with Gasteiger partial charge in [-0.1, -0.05) is 60.7 Å². The summed E-state index contributed by atoms with van der Waals surface area (Å²) in [5.41, 5.74) is 2.94. The van der Waals surface area contributed by atoms with Crippen LogP contribution in [0.2, 0.25) is 0 Å². The molecule has 0 saturated heterocycles. The van der Waals surface area contributed by atoms with Crippen molar-refractivity contribution in [3.8, 4) is 22.6 Å². The van der Waals surface area contributed by atoms with E-state index in [0.29, 0.717) is 12.4 Å². The Balaban J connectivity index is 1.81. The van der Waals surface area contributed by atoms with E-state index in [1.807, 2.05) is 71.4 Å². The summed E-state index contributed by atoms with van der Waals surface area (Å²) in [5, 5.41) is 0. The van der Waals surface area contributed by atoms with Crippen LogP contribution in [0.3, 0.4) is 0 Å². The number of imidazole rings is 1. The summed E-state index contributed by atoms with van der Waals surface area (Å²) in [6, 6.07) is 20.2. The number of benzene rings is 2. The van der Waals surface area contributed by atoms with Crippen LogP contribution in [0.15, 0.2) is 83.8 Å². The van der Waals surface area contributed by atoms with E-state index in [1.54, 1.807) is 12.5 Å². The van der Waals surface area contributed by atoms with Gasteiger partial charge in [-0.2, -0.15) is 0 Å². The van der Waals surface area contributed by atoms with E-state index in [9.17, 15) is 0 Å². The fourth-order valence-corrected chi connectivity index (χ4v) is 2.55. The highest BCUT2D eigenvalue weighted by atomic mass is 16.4. The quantitative estimate of drug-likeness (QED) is 0.566. The zero-order valence-electron chi connectivity index (χ0n) is 12.5. The van der Waals surface area contributed by atoms with Crippen LogP contribution in [0.1, 0.15) is 5.89 Å². The average Bonchev–Trinajstić information content (AvgIpc) is 3.27. The van der Waals surface area contributed by atoms with Gasteiger partial charge < -0.3 is 8.98 Å². The van der Waals surface area contributed by atoms with Crippen molar-refractivity contribution in [1.82, 2.24) is 14.5 Å². The summed E-state index contributed by atoms with van der Waals surface area (Å²) in [6.07, 6.45) is 5.41. The summed E-state index contributed by atoms with van der Waals surface area (Å²) in [6.45, 7) is 0.562. The molecule has 0 spiro atoms. The van der Waals surface area contributed by atoms with Gasteiger partial charge in [-0.05, 0) is 0 Å². The van der Waals surface area contributed by atoms with Crippen molar-refractivity contribution < 1.29 is 4.42 Å². The van der Waals surface area contributed by atoms with E-state index in [2.05, 4.69) is 4.98 Å². The minimum atomic E-state index is 0.562. The number of oxazole rings is 1. The molecule has 0 aliphatic heterocycles. The molecule has 4 heteroatoms. The van der Waals surface area contributed by atoms with Crippen molar-refractivity contribution in [3.63, 3.8) is 0 Å². The van der Waals surface area contributed by atoms with Crippen molar-refractivity contribution in [2.24, 2.45) is 0 Å². The molecule has 0 aliphatic carbocycles. The molecule has 0 atom stereocenters. The Labute approximate surface area is 134 Å². The number of hydrogen-bond donors (Lipinski definition) is 0. The monoisotopic (exact) mass is 301 g/mol. The molecule has 0 radical (unpaired) electrons. The topological polar surface area (TPSA) is 43.9 Å². The Bertz CT molecular complexity index is 824. The van der Waals surface area contributed by atoms with E-state index in [-0.39, 0.29) is 0 Å². The standard InChI is InChI=1S/C19H15N3O/c1-3-7-15(8-4-1)18-19(16-9-5-2-6-10-16)23-17(21-18)13-22-12-11-20-14-22/h1-12,14H,13H2. The second-order valence-electron chi connectivity index (χ2n) is 5.25. The summed E-state index contributed by atoms with van der Waals surface area (Å²) >= 11 is 0. The van der Waals surface area contributed by atoms with Gasteiger partial charge in [0.05, 0.1) is 6.33 Å². The van der Waals surface area contributed by atoms with Crippen molar-refractivity contribution in [2.75, 3.05) is 0 Å². The highest BCUT2D eigenvalue weighted by Gasteiger charge is 2.16. The third kappa shape index (κ3) is 2.79. The molecule has 4 rings (SSSR count). The van der Waals surface area contributed by atoms with Crippen molar-refractivity contribution in [1.29, 1.82) is 0 Å². The van der Waals surface area contributed by atoms with Crippen LogP contribution in [-0.2, 0) is 6.54 Å². The summed E-state index contributed by atoms with van der Waals surface area (Å²) in [4.78, 5) is 8.77. The molecule has 112 valence electrons. The normalized spacial score (nSPS) is 10.8. The lowest BCUT2D eigenvalue weighted by Crippen LogP contribution is -1.96. The molecule has 0 bridgehead atoms. The lowest BCUT2D eigenvalue weighted by atomic mass is 10.1. The maximum atomic E-state index is 6.07. The van der Waals surface area contributed by atoms with E-state index in [4.69, 9.17) is 9.40 Å². The lowest BCUT2D eigenvalue weighted by molar-refractivity contribution is 0.488. The molecule has 0 saturated carbocycles. The van der Waals surface area contributed by atoms with Gasteiger partial charge in [-0.15, -0.1) is 0 Å². The number of rotatable bonds is 4. The Morgan fingerprint density at radius 3 is 2.22 bits per heavy atom. The average molecular weight is 301 g/mol. The zero-order chi connectivity index (χ0) is 15.5.